The zero-order valence-electron chi connectivity index (χ0n) is 13.2. The molecule has 7 heteroatoms. The van der Waals surface area contributed by atoms with Crippen molar-refractivity contribution in [3.05, 3.63) is 47.5 Å². The Morgan fingerprint density at radius 3 is 3.12 bits per heavy atom. The molecule has 2 heterocycles. The van der Waals surface area contributed by atoms with E-state index in [2.05, 4.69) is 20.4 Å². The smallest absolute Gasteiger partial charge is 0.287 e. The van der Waals surface area contributed by atoms with Crippen molar-refractivity contribution in [2.75, 3.05) is 6.61 Å². The molecular weight excluding hydrogens is 306 g/mol. The first-order valence-electron chi connectivity index (χ1n) is 8.17. The fourth-order valence-electron chi connectivity index (χ4n) is 3.34. The molecule has 2 aromatic heterocycles. The molecule has 4 rings (SSSR count). The highest BCUT2D eigenvalue weighted by atomic mass is 16.3. The Hall–Kier alpha value is -2.67. The lowest BCUT2D eigenvalue weighted by Crippen LogP contribution is -2.31. The van der Waals surface area contributed by atoms with Gasteiger partial charge in [-0.05, 0) is 31.4 Å². The van der Waals surface area contributed by atoms with Gasteiger partial charge in [0.2, 0.25) is 0 Å². The number of para-hydroxylation sites is 2. The van der Waals surface area contributed by atoms with E-state index in [4.69, 9.17) is 5.11 Å². The Bertz CT molecular complexity index is 849. The number of amides is 1. The van der Waals surface area contributed by atoms with Crippen LogP contribution >= 0.6 is 0 Å². The maximum absolute atomic E-state index is 12.6. The number of nitrogens with zero attached hydrogens (tertiary/aromatic N) is 3. The van der Waals surface area contributed by atoms with Gasteiger partial charge in [0, 0.05) is 11.3 Å². The van der Waals surface area contributed by atoms with Crippen molar-refractivity contribution in [3.8, 4) is 0 Å². The van der Waals surface area contributed by atoms with Crippen molar-refractivity contribution >= 4 is 16.9 Å². The summed E-state index contributed by atoms with van der Waals surface area (Å²) in [6.07, 6.45) is 4.58. The van der Waals surface area contributed by atoms with Crippen LogP contribution in [0.3, 0.4) is 0 Å². The van der Waals surface area contributed by atoms with Crippen LogP contribution in [0.1, 0.15) is 40.8 Å². The fraction of sp³-hybridized carbons (Fsp3) is 0.353. The number of benzene rings is 1. The minimum absolute atomic E-state index is 0.0597. The van der Waals surface area contributed by atoms with Crippen LogP contribution in [0, 0.1) is 0 Å². The molecule has 0 spiro atoms. The van der Waals surface area contributed by atoms with Gasteiger partial charge in [0.25, 0.3) is 5.91 Å². The molecule has 0 saturated carbocycles. The number of nitrogens with one attached hydrogen (secondary N) is 2. The molecule has 1 aliphatic carbocycles. The molecule has 124 valence electrons. The number of hydrogen-bond donors (Lipinski definition) is 3. The van der Waals surface area contributed by atoms with E-state index in [1.54, 1.807) is 6.20 Å². The number of fused-ring (bicyclic) bond motifs is 2. The van der Waals surface area contributed by atoms with E-state index in [9.17, 15) is 4.79 Å². The largest absolute Gasteiger partial charge is 0.394 e. The van der Waals surface area contributed by atoms with E-state index >= 15 is 0 Å². The summed E-state index contributed by atoms with van der Waals surface area (Å²) < 4.78 is 1.83. The molecule has 1 amide bonds. The highest BCUT2D eigenvalue weighted by molar-refractivity contribution is 5.94. The topological polar surface area (TPSA) is 95.8 Å². The van der Waals surface area contributed by atoms with Crippen LogP contribution in [0.15, 0.2) is 30.5 Å². The van der Waals surface area contributed by atoms with Crippen molar-refractivity contribution in [1.82, 2.24) is 25.1 Å². The Balaban J connectivity index is 1.56. The van der Waals surface area contributed by atoms with Crippen molar-refractivity contribution in [3.63, 3.8) is 0 Å². The third-order valence-corrected chi connectivity index (χ3v) is 4.48. The second kappa shape index (κ2) is 6.09. The molecule has 0 aliphatic heterocycles. The third kappa shape index (κ3) is 2.56. The van der Waals surface area contributed by atoms with Crippen molar-refractivity contribution < 1.29 is 9.90 Å². The molecule has 1 aliphatic rings. The standard InChI is InChI=1S/C17H19N5O2/c23-9-8-22-15-7-3-6-12(11(15)10-18-22)21-17(24)16-19-13-4-1-2-5-14(13)20-16/h1-2,4-5,10,12,23H,3,6-9H2,(H,19,20)(H,21,24)/t12-/m1/s1. The molecule has 24 heavy (non-hydrogen) atoms. The predicted octanol–water partition coefficient (Wildman–Crippen LogP) is 1.56. The summed E-state index contributed by atoms with van der Waals surface area (Å²) in [7, 11) is 0. The molecule has 0 radical (unpaired) electrons. The van der Waals surface area contributed by atoms with Crippen molar-refractivity contribution in [2.24, 2.45) is 0 Å². The number of hydrogen-bond acceptors (Lipinski definition) is 4. The number of H-pyrrole nitrogens is 1. The Labute approximate surface area is 138 Å². The molecule has 0 fully saturated rings. The summed E-state index contributed by atoms with van der Waals surface area (Å²) in [5.41, 5.74) is 3.77. The first kappa shape index (κ1) is 14.9. The minimum atomic E-state index is -0.209. The normalized spacial score (nSPS) is 17.0. The molecular formula is C17H19N5O2. The van der Waals surface area contributed by atoms with Gasteiger partial charge in [-0.25, -0.2) is 4.98 Å². The van der Waals surface area contributed by atoms with Crippen LogP contribution in [-0.4, -0.2) is 37.4 Å². The van der Waals surface area contributed by atoms with Crippen LogP contribution < -0.4 is 5.32 Å². The molecule has 3 N–H and O–H groups in total. The van der Waals surface area contributed by atoms with Crippen LogP contribution in [-0.2, 0) is 13.0 Å². The van der Waals surface area contributed by atoms with E-state index in [1.165, 1.54) is 0 Å². The Kier molecular flexibility index (Phi) is 3.78. The SMILES string of the molecule is O=C(N[C@@H]1CCCc2c1cnn2CCO)c1nc2ccccc2[nH]1. The quantitative estimate of drug-likeness (QED) is 0.678. The van der Waals surface area contributed by atoms with Crippen LogP contribution in [0.5, 0.6) is 0 Å². The number of aliphatic hydroxyl groups excluding tert-OH is 1. The van der Waals surface area contributed by atoms with Gasteiger partial charge in [-0.1, -0.05) is 12.1 Å². The highest BCUT2D eigenvalue weighted by Gasteiger charge is 2.26. The van der Waals surface area contributed by atoms with Gasteiger partial charge < -0.3 is 15.4 Å². The number of carbonyl (C=O) groups excluding carboxylic acids is 1. The fourth-order valence-corrected chi connectivity index (χ4v) is 3.34. The molecule has 0 bridgehead atoms. The molecule has 7 nitrogen and oxygen atoms in total. The Morgan fingerprint density at radius 2 is 2.29 bits per heavy atom. The summed E-state index contributed by atoms with van der Waals surface area (Å²) in [6.45, 7) is 0.545. The summed E-state index contributed by atoms with van der Waals surface area (Å²) in [5, 5.41) is 16.5. The molecule has 1 atom stereocenters. The maximum Gasteiger partial charge on any atom is 0.287 e. The van der Waals surface area contributed by atoms with Gasteiger partial charge in [-0.2, -0.15) is 5.10 Å². The van der Waals surface area contributed by atoms with Crippen LogP contribution in [0.2, 0.25) is 0 Å². The van der Waals surface area contributed by atoms with Gasteiger partial charge in [-0.15, -0.1) is 0 Å². The molecule has 0 saturated heterocycles. The number of carbonyl (C=O) groups is 1. The molecule has 3 aromatic rings. The average molecular weight is 325 g/mol. The third-order valence-electron chi connectivity index (χ3n) is 4.48. The van der Waals surface area contributed by atoms with Gasteiger partial charge in [0.1, 0.15) is 0 Å². The second-order valence-corrected chi connectivity index (χ2v) is 6.01. The zero-order chi connectivity index (χ0) is 16.5. The van der Waals surface area contributed by atoms with Crippen molar-refractivity contribution in [1.29, 1.82) is 0 Å². The van der Waals surface area contributed by atoms with Gasteiger partial charge in [0.15, 0.2) is 5.82 Å². The number of imidazole rings is 1. The summed E-state index contributed by atoms with van der Waals surface area (Å²) in [4.78, 5) is 20.0. The van der Waals surface area contributed by atoms with E-state index in [-0.39, 0.29) is 18.6 Å². The van der Waals surface area contributed by atoms with E-state index in [1.807, 2.05) is 28.9 Å². The second-order valence-electron chi connectivity index (χ2n) is 6.01. The predicted molar refractivity (Wildman–Crippen MR) is 88.6 cm³/mol. The number of aliphatic hydroxyl groups is 1. The summed E-state index contributed by atoms with van der Waals surface area (Å²) in [6, 6.07) is 7.51. The van der Waals surface area contributed by atoms with Crippen molar-refractivity contribution in [2.45, 2.75) is 31.8 Å². The Morgan fingerprint density at radius 1 is 1.42 bits per heavy atom. The summed E-state index contributed by atoms with van der Waals surface area (Å²) >= 11 is 0. The number of aromatic nitrogens is 4. The lowest BCUT2D eigenvalue weighted by molar-refractivity contribution is 0.0923. The van der Waals surface area contributed by atoms with Gasteiger partial charge >= 0.3 is 0 Å². The first-order chi connectivity index (χ1) is 11.8. The number of aromatic amines is 1. The van der Waals surface area contributed by atoms with Gasteiger partial charge in [-0.3, -0.25) is 9.48 Å². The minimum Gasteiger partial charge on any atom is -0.394 e. The van der Waals surface area contributed by atoms with Gasteiger partial charge in [0.05, 0.1) is 36.4 Å². The van der Waals surface area contributed by atoms with E-state index in [0.717, 1.165) is 41.6 Å². The van der Waals surface area contributed by atoms with E-state index < -0.39 is 0 Å². The zero-order valence-corrected chi connectivity index (χ0v) is 13.2. The highest BCUT2D eigenvalue weighted by Crippen LogP contribution is 2.29. The van der Waals surface area contributed by atoms with Crippen LogP contribution in [0.25, 0.3) is 11.0 Å². The van der Waals surface area contributed by atoms with E-state index in [0.29, 0.717) is 12.4 Å². The lowest BCUT2D eigenvalue weighted by Gasteiger charge is -2.23. The lowest BCUT2D eigenvalue weighted by atomic mass is 9.93. The van der Waals surface area contributed by atoms with Crippen LogP contribution in [0.4, 0.5) is 0 Å². The maximum atomic E-state index is 12.6. The molecule has 0 unspecified atom stereocenters. The average Bonchev–Trinajstić information content (AvgIpc) is 3.20. The number of rotatable bonds is 4. The monoisotopic (exact) mass is 325 g/mol. The molecule has 1 aromatic carbocycles. The summed E-state index contributed by atoms with van der Waals surface area (Å²) in [5.74, 6) is 0.116. The first-order valence-corrected chi connectivity index (χ1v) is 8.17.